The molecule has 45 heavy (non-hydrogen) atoms. The normalized spacial score (nSPS) is 14.7. The number of piperazine rings is 1. The summed E-state index contributed by atoms with van der Waals surface area (Å²) in [5, 5.41) is 3.11. The van der Waals surface area contributed by atoms with E-state index in [1.165, 1.54) is 24.3 Å². The van der Waals surface area contributed by atoms with Crippen LogP contribution < -0.4 is 20.9 Å². The van der Waals surface area contributed by atoms with Gasteiger partial charge in [0.25, 0.3) is 5.91 Å². The summed E-state index contributed by atoms with van der Waals surface area (Å²) in [5.41, 5.74) is 10.7. The number of benzene rings is 3. The van der Waals surface area contributed by atoms with Gasteiger partial charge in [0.1, 0.15) is 11.6 Å². The molecule has 2 amide bonds. The molecule has 1 saturated carbocycles. The lowest BCUT2D eigenvalue weighted by atomic mass is 10.0. The first kappa shape index (κ1) is 30.3. The van der Waals surface area contributed by atoms with Crippen molar-refractivity contribution in [2.24, 2.45) is 11.7 Å². The number of anilines is 3. The van der Waals surface area contributed by atoms with Gasteiger partial charge in [-0.05, 0) is 97.1 Å². The average molecular weight is 607 g/mol. The van der Waals surface area contributed by atoms with E-state index in [0.717, 1.165) is 73.6 Å². The van der Waals surface area contributed by atoms with Gasteiger partial charge in [0.2, 0.25) is 5.91 Å². The van der Waals surface area contributed by atoms with Gasteiger partial charge in [-0.1, -0.05) is 30.3 Å². The van der Waals surface area contributed by atoms with Crippen molar-refractivity contribution in [1.82, 2.24) is 9.88 Å². The predicted octanol–water partition coefficient (Wildman–Crippen LogP) is 5.55. The van der Waals surface area contributed by atoms with E-state index < -0.39 is 0 Å². The molecule has 0 unspecified atom stereocenters. The Balaban J connectivity index is 1.26. The van der Waals surface area contributed by atoms with Crippen molar-refractivity contribution in [3.05, 3.63) is 108 Å². The van der Waals surface area contributed by atoms with E-state index in [0.29, 0.717) is 30.9 Å². The van der Waals surface area contributed by atoms with E-state index in [1.54, 1.807) is 6.20 Å². The molecule has 1 aromatic heterocycles. The number of nitrogens with two attached hydrogens (primary N) is 1. The number of hydrogen-bond donors (Lipinski definition) is 2. The van der Waals surface area contributed by atoms with Crippen molar-refractivity contribution >= 4 is 29.0 Å². The summed E-state index contributed by atoms with van der Waals surface area (Å²) in [5.74, 6) is 0.630. The highest BCUT2D eigenvalue weighted by molar-refractivity contribution is 6.06. The number of amides is 2. The maximum absolute atomic E-state index is 13.6. The zero-order valence-electron chi connectivity index (χ0n) is 25.4. The Morgan fingerprint density at radius 3 is 2.36 bits per heavy atom. The Bertz CT molecular complexity index is 1620. The number of nitrogens with zero attached hydrogens (tertiary/aromatic N) is 4. The molecule has 2 heterocycles. The molecule has 2 fully saturated rings. The van der Waals surface area contributed by atoms with E-state index in [2.05, 4.69) is 38.3 Å². The molecule has 0 radical (unpaired) electrons. The van der Waals surface area contributed by atoms with Crippen molar-refractivity contribution in [3.8, 4) is 11.1 Å². The van der Waals surface area contributed by atoms with E-state index in [9.17, 15) is 14.0 Å². The second-order valence-corrected chi connectivity index (χ2v) is 11.7. The number of nitrogens with one attached hydrogen (secondary N) is 1. The van der Waals surface area contributed by atoms with Crippen LogP contribution in [0.5, 0.6) is 0 Å². The Labute approximate surface area is 263 Å². The lowest BCUT2D eigenvalue weighted by molar-refractivity contribution is -0.133. The second-order valence-electron chi connectivity index (χ2n) is 11.7. The van der Waals surface area contributed by atoms with Crippen LogP contribution in [0.25, 0.3) is 11.1 Å². The molecular weight excluding hydrogens is 567 g/mol. The molecular formula is C36H39FN6O2. The van der Waals surface area contributed by atoms with Crippen molar-refractivity contribution < 1.29 is 14.0 Å². The zero-order valence-corrected chi connectivity index (χ0v) is 25.4. The summed E-state index contributed by atoms with van der Waals surface area (Å²) in [4.78, 5) is 37.2. The zero-order chi connectivity index (χ0) is 31.2. The van der Waals surface area contributed by atoms with Gasteiger partial charge in [0, 0.05) is 56.9 Å². The molecule has 1 saturated heterocycles. The first-order valence-electron chi connectivity index (χ1n) is 15.7. The smallest absolute Gasteiger partial charge is 0.255 e. The molecule has 8 nitrogen and oxygen atoms in total. The van der Waals surface area contributed by atoms with Gasteiger partial charge in [-0.3, -0.25) is 9.59 Å². The fraction of sp³-hybridized carbons (Fsp3) is 0.306. The number of carbonyl (C=O) groups is 2. The predicted molar refractivity (Wildman–Crippen MR) is 177 cm³/mol. The van der Waals surface area contributed by atoms with Crippen LogP contribution in [0.4, 0.5) is 21.6 Å². The number of halogens is 1. The molecule has 0 atom stereocenters. The fourth-order valence-electron chi connectivity index (χ4n) is 5.81. The maximum Gasteiger partial charge on any atom is 0.255 e. The number of pyridine rings is 1. The van der Waals surface area contributed by atoms with Gasteiger partial charge in [-0.15, -0.1) is 0 Å². The molecule has 1 aliphatic heterocycles. The van der Waals surface area contributed by atoms with E-state index in [-0.39, 0.29) is 23.5 Å². The standard InChI is InChI=1S/C36H39FN6O2/c37-31-13-10-27(11-14-31)35(44)40-32-24-30(12-15-33(32)41-19-21-42(22-20-41)34-7-1-2-17-39-34)29-6-3-5-26(23-29)25-43(18-4-16-38)36(45)28-8-9-28/h1-3,5-7,10-15,17,23-24,28H,4,8-9,16,18-22,25,38H2,(H,40,44). The van der Waals surface area contributed by atoms with Crippen molar-refractivity contribution in [1.29, 1.82) is 0 Å². The van der Waals surface area contributed by atoms with Crippen molar-refractivity contribution in [2.75, 3.05) is 54.4 Å². The Morgan fingerprint density at radius 2 is 1.64 bits per heavy atom. The third-order valence-corrected chi connectivity index (χ3v) is 8.45. The van der Waals surface area contributed by atoms with Crippen LogP contribution >= 0.6 is 0 Å². The third kappa shape index (κ3) is 7.49. The summed E-state index contributed by atoms with van der Waals surface area (Å²) in [6.07, 6.45) is 4.51. The summed E-state index contributed by atoms with van der Waals surface area (Å²) in [6, 6.07) is 25.8. The SMILES string of the molecule is NCCCN(Cc1cccc(-c2ccc(N3CCN(c4ccccn4)CC3)c(NC(=O)c3ccc(F)cc3)c2)c1)C(=O)C1CC1. The highest BCUT2D eigenvalue weighted by atomic mass is 19.1. The molecule has 0 spiro atoms. The van der Waals surface area contributed by atoms with E-state index >= 15 is 0 Å². The van der Waals surface area contributed by atoms with Crippen LogP contribution in [-0.4, -0.2) is 61.0 Å². The van der Waals surface area contributed by atoms with Gasteiger partial charge in [-0.2, -0.15) is 0 Å². The van der Waals surface area contributed by atoms with Gasteiger partial charge in [0.05, 0.1) is 11.4 Å². The first-order valence-corrected chi connectivity index (χ1v) is 15.7. The highest BCUT2D eigenvalue weighted by Gasteiger charge is 2.33. The highest BCUT2D eigenvalue weighted by Crippen LogP contribution is 2.34. The Morgan fingerprint density at radius 1 is 0.889 bits per heavy atom. The van der Waals surface area contributed by atoms with Gasteiger partial charge >= 0.3 is 0 Å². The Kier molecular flexibility index (Phi) is 9.35. The second kappa shape index (κ2) is 13.9. The lowest BCUT2D eigenvalue weighted by Crippen LogP contribution is -2.47. The topological polar surface area (TPSA) is 94.8 Å². The minimum Gasteiger partial charge on any atom is -0.366 e. The van der Waals surface area contributed by atoms with Crippen LogP contribution in [-0.2, 0) is 11.3 Å². The number of rotatable bonds is 11. The number of hydrogen-bond acceptors (Lipinski definition) is 6. The van der Waals surface area contributed by atoms with Gasteiger partial charge in [-0.25, -0.2) is 9.37 Å². The molecule has 1 aliphatic carbocycles. The Hall–Kier alpha value is -4.76. The molecule has 4 aromatic rings. The van der Waals surface area contributed by atoms with E-state index in [1.807, 2.05) is 47.4 Å². The summed E-state index contributed by atoms with van der Waals surface area (Å²) < 4.78 is 13.6. The van der Waals surface area contributed by atoms with Crippen LogP contribution in [0.15, 0.2) is 91.1 Å². The summed E-state index contributed by atoms with van der Waals surface area (Å²) >= 11 is 0. The summed E-state index contributed by atoms with van der Waals surface area (Å²) in [7, 11) is 0. The summed E-state index contributed by atoms with van der Waals surface area (Å²) in [6.45, 7) is 4.86. The van der Waals surface area contributed by atoms with Crippen LogP contribution in [0.3, 0.4) is 0 Å². The number of carbonyl (C=O) groups excluding carboxylic acids is 2. The maximum atomic E-state index is 13.6. The first-order chi connectivity index (χ1) is 22.0. The molecule has 3 N–H and O–H groups in total. The minimum atomic E-state index is -0.389. The molecule has 3 aromatic carbocycles. The largest absolute Gasteiger partial charge is 0.366 e. The minimum absolute atomic E-state index is 0.150. The molecule has 9 heteroatoms. The van der Waals surface area contributed by atoms with Gasteiger partial charge < -0.3 is 25.8 Å². The lowest BCUT2D eigenvalue weighted by Gasteiger charge is -2.37. The van der Waals surface area contributed by atoms with E-state index in [4.69, 9.17) is 5.73 Å². The molecule has 2 aliphatic rings. The molecule has 232 valence electrons. The van der Waals surface area contributed by atoms with Crippen molar-refractivity contribution in [3.63, 3.8) is 0 Å². The van der Waals surface area contributed by atoms with Crippen LogP contribution in [0.2, 0.25) is 0 Å². The van der Waals surface area contributed by atoms with Crippen molar-refractivity contribution in [2.45, 2.75) is 25.8 Å². The third-order valence-electron chi connectivity index (χ3n) is 8.45. The average Bonchev–Trinajstić information content (AvgIpc) is 3.93. The van der Waals surface area contributed by atoms with Gasteiger partial charge in [0.15, 0.2) is 0 Å². The number of aromatic nitrogens is 1. The van der Waals surface area contributed by atoms with Crippen LogP contribution in [0.1, 0.15) is 35.2 Å². The quantitative estimate of drug-likeness (QED) is 0.232. The molecule has 6 rings (SSSR count). The van der Waals surface area contributed by atoms with Crippen LogP contribution in [0, 0.1) is 11.7 Å². The molecule has 0 bridgehead atoms. The fourth-order valence-corrected chi connectivity index (χ4v) is 5.81. The monoisotopic (exact) mass is 606 g/mol.